The molecule has 0 radical (unpaired) electrons. The van der Waals surface area contributed by atoms with Crippen LogP contribution in [0.2, 0.25) is 0 Å². The van der Waals surface area contributed by atoms with Crippen LogP contribution in [0.5, 0.6) is 5.88 Å². The van der Waals surface area contributed by atoms with Gasteiger partial charge >= 0.3 is 0 Å². The molecule has 5 heteroatoms. The number of rotatable bonds is 8. The van der Waals surface area contributed by atoms with Crippen LogP contribution in [0.3, 0.4) is 0 Å². The van der Waals surface area contributed by atoms with Gasteiger partial charge in [0.25, 0.3) is 0 Å². The molecule has 5 nitrogen and oxygen atoms in total. The zero-order valence-corrected chi connectivity index (χ0v) is 13.4. The van der Waals surface area contributed by atoms with E-state index in [0.29, 0.717) is 12.5 Å². The van der Waals surface area contributed by atoms with Gasteiger partial charge in [-0.2, -0.15) is 4.98 Å². The first-order valence-electron chi connectivity index (χ1n) is 8.28. The Morgan fingerprint density at radius 3 is 2.71 bits per heavy atom. The Hall–Kier alpha value is -1.36. The number of aromatic nitrogens is 2. The zero-order chi connectivity index (χ0) is 14.9. The molecule has 1 aromatic rings. The topological polar surface area (TPSA) is 50.3 Å². The molecule has 1 aliphatic rings. The van der Waals surface area contributed by atoms with Crippen molar-refractivity contribution < 1.29 is 4.74 Å². The Labute approximate surface area is 128 Å². The second-order valence-corrected chi connectivity index (χ2v) is 5.54. The number of hydrogen-bond acceptors (Lipinski definition) is 5. The Bertz CT molecular complexity index is 394. The molecule has 2 heterocycles. The van der Waals surface area contributed by atoms with Crippen LogP contribution in [-0.2, 0) is 6.42 Å². The normalized spacial score (nSPS) is 15.9. The fourth-order valence-corrected chi connectivity index (χ4v) is 2.62. The molecule has 1 N–H and O–H groups in total. The minimum Gasteiger partial charge on any atom is -0.476 e. The second kappa shape index (κ2) is 8.82. The molecule has 1 aliphatic heterocycles. The van der Waals surface area contributed by atoms with Crippen LogP contribution >= 0.6 is 0 Å². The molecular formula is C16H28N4O. The van der Waals surface area contributed by atoms with E-state index in [-0.39, 0.29) is 0 Å². The van der Waals surface area contributed by atoms with E-state index >= 15 is 0 Å². The third kappa shape index (κ3) is 5.50. The smallest absolute Gasteiger partial charge is 0.218 e. The van der Waals surface area contributed by atoms with E-state index in [1.165, 1.54) is 32.4 Å². The number of nitrogens with one attached hydrogen (secondary N) is 1. The number of hydrogen-bond donors (Lipinski definition) is 1. The average molecular weight is 292 g/mol. The number of likely N-dealkylation sites (tertiary alicyclic amines) is 1. The fraction of sp³-hybridized carbons (Fsp3) is 0.750. The number of ether oxygens (including phenoxy) is 1. The molecular weight excluding hydrogens is 264 g/mol. The Morgan fingerprint density at radius 1 is 1.19 bits per heavy atom. The van der Waals surface area contributed by atoms with Gasteiger partial charge in [-0.25, -0.2) is 4.98 Å². The third-order valence-electron chi connectivity index (χ3n) is 3.69. The van der Waals surface area contributed by atoms with Gasteiger partial charge in [0.15, 0.2) is 0 Å². The van der Waals surface area contributed by atoms with E-state index < -0.39 is 0 Å². The van der Waals surface area contributed by atoms with Crippen molar-refractivity contribution in [1.82, 2.24) is 14.9 Å². The lowest BCUT2D eigenvalue weighted by atomic mass is 10.1. The van der Waals surface area contributed by atoms with Gasteiger partial charge < -0.3 is 10.1 Å². The highest BCUT2D eigenvalue weighted by Gasteiger charge is 2.10. The number of piperidine rings is 1. The Morgan fingerprint density at radius 2 is 2.00 bits per heavy atom. The Kier molecular flexibility index (Phi) is 6.73. The summed E-state index contributed by atoms with van der Waals surface area (Å²) in [4.78, 5) is 11.5. The highest BCUT2D eigenvalue weighted by molar-refractivity contribution is 5.38. The molecule has 21 heavy (non-hydrogen) atoms. The summed E-state index contributed by atoms with van der Waals surface area (Å²) in [5.41, 5.74) is 0. The van der Waals surface area contributed by atoms with Crippen LogP contribution in [0.4, 0.5) is 5.82 Å². The zero-order valence-electron chi connectivity index (χ0n) is 13.4. The lowest BCUT2D eigenvalue weighted by molar-refractivity contribution is 0.180. The van der Waals surface area contributed by atoms with Gasteiger partial charge in [-0.15, -0.1) is 0 Å². The summed E-state index contributed by atoms with van der Waals surface area (Å²) in [7, 11) is 0. The first kappa shape index (κ1) is 16.0. The van der Waals surface area contributed by atoms with E-state index in [0.717, 1.165) is 37.6 Å². The molecule has 1 fully saturated rings. The second-order valence-electron chi connectivity index (χ2n) is 5.54. The quantitative estimate of drug-likeness (QED) is 0.798. The predicted molar refractivity (Wildman–Crippen MR) is 86.0 cm³/mol. The van der Waals surface area contributed by atoms with Crippen LogP contribution in [0.1, 0.15) is 45.4 Å². The highest BCUT2D eigenvalue weighted by Crippen LogP contribution is 2.15. The van der Waals surface area contributed by atoms with Crippen LogP contribution in [0, 0.1) is 0 Å². The van der Waals surface area contributed by atoms with Crippen molar-refractivity contribution in [3.8, 4) is 5.88 Å². The van der Waals surface area contributed by atoms with Gasteiger partial charge in [-0.3, -0.25) is 4.90 Å². The molecule has 0 atom stereocenters. The molecule has 2 rings (SSSR count). The van der Waals surface area contributed by atoms with Crippen LogP contribution in [0.15, 0.2) is 6.07 Å². The minimum atomic E-state index is 0.696. The van der Waals surface area contributed by atoms with Gasteiger partial charge in [0.05, 0.1) is 0 Å². The third-order valence-corrected chi connectivity index (χ3v) is 3.69. The van der Waals surface area contributed by atoms with Crippen molar-refractivity contribution in [2.75, 3.05) is 38.1 Å². The summed E-state index contributed by atoms with van der Waals surface area (Å²) in [6.07, 6.45) is 5.94. The largest absolute Gasteiger partial charge is 0.476 e. The summed E-state index contributed by atoms with van der Waals surface area (Å²) in [6, 6.07) is 1.90. The summed E-state index contributed by atoms with van der Waals surface area (Å²) < 4.78 is 5.85. The van der Waals surface area contributed by atoms with Crippen molar-refractivity contribution in [1.29, 1.82) is 0 Å². The summed E-state index contributed by atoms with van der Waals surface area (Å²) >= 11 is 0. The molecule has 0 aromatic carbocycles. The molecule has 0 spiro atoms. The molecule has 1 saturated heterocycles. The van der Waals surface area contributed by atoms with Crippen molar-refractivity contribution in [3.05, 3.63) is 11.9 Å². The maximum absolute atomic E-state index is 5.85. The average Bonchev–Trinajstić information content (AvgIpc) is 2.49. The monoisotopic (exact) mass is 292 g/mol. The van der Waals surface area contributed by atoms with Crippen molar-refractivity contribution in [2.24, 2.45) is 0 Å². The van der Waals surface area contributed by atoms with Crippen molar-refractivity contribution in [2.45, 2.75) is 46.0 Å². The Balaban J connectivity index is 1.87. The van der Waals surface area contributed by atoms with Crippen LogP contribution in [-0.4, -0.2) is 47.7 Å². The standard InChI is InChI=1S/C16H28N4O/c1-3-8-14-18-15(17-4-2)13-16(19-14)21-12-11-20-9-6-5-7-10-20/h13H,3-12H2,1-2H3,(H,17,18,19). The fourth-order valence-electron chi connectivity index (χ4n) is 2.62. The predicted octanol–water partition coefficient (Wildman–Crippen LogP) is 2.73. The molecule has 0 amide bonds. The van der Waals surface area contributed by atoms with Crippen LogP contribution in [0.25, 0.3) is 0 Å². The molecule has 0 bridgehead atoms. The minimum absolute atomic E-state index is 0.696. The molecule has 0 saturated carbocycles. The van der Waals surface area contributed by atoms with Gasteiger partial charge in [0, 0.05) is 25.6 Å². The van der Waals surface area contributed by atoms with E-state index in [1.807, 2.05) is 6.07 Å². The molecule has 0 aliphatic carbocycles. The van der Waals surface area contributed by atoms with Crippen molar-refractivity contribution in [3.63, 3.8) is 0 Å². The van der Waals surface area contributed by atoms with Gasteiger partial charge in [0.1, 0.15) is 18.2 Å². The summed E-state index contributed by atoms with van der Waals surface area (Å²) in [6.45, 7) is 9.17. The lowest BCUT2D eigenvalue weighted by Crippen LogP contribution is -2.33. The summed E-state index contributed by atoms with van der Waals surface area (Å²) in [5, 5.41) is 3.24. The van der Waals surface area contributed by atoms with E-state index in [1.54, 1.807) is 0 Å². The SMILES string of the molecule is CCCc1nc(NCC)cc(OCCN2CCCCC2)n1. The lowest BCUT2D eigenvalue weighted by Gasteiger charge is -2.26. The molecule has 118 valence electrons. The van der Waals surface area contributed by atoms with E-state index in [9.17, 15) is 0 Å². The van der Waals surface area contributed by atoms with E-state index in [4.69, 9.17) is 4.74 Å². The highest BCUT2D eigenvalue weighted by atomic mass is 16.5. The number of anilines is 1. The van der Waals surface area contributed by atoms with Crippen LogP contribution < -0.4 is 10.1 Å². The van der Waals surface area contributed by atoms with Crippen molar-refractivity contribution >= 4 is 5.82 Å². The van der Waals surface area contributed by atoms with Gasteiger partial charge in [-0.05, 0) is 39.3 Å². The number of nitrogens with zero attached hydrogens (tertiary/aromatic N) is 3. The number of aryl methyl sites for hydroxylation is 1. The maximum atomic E-state index is 5.85. The first-order chi connectivity index (χ1) is 10.3. The molecule has 0 unspecified atom stereocenters. The summed E-state index contributed by atoms with van der Waals surface area (Å²) in [5.74, 6) is 2.43. The first-order valence-corrected chi connectivity index (χ1v) is 8.28. The van der Waals surface area contributed by atoms with Gasteiger partial charge in [0.2, 0.25) is 5.88 Å². The molecule has 1 aromatic heterocycles. The maximum Gasteiger partial charge on any atom is 0.218 e. The van der Waals surface area contributed by atoms with E-state index in [2.05, 4.69) is 34.0 Å². The van der Waals surface area contributed by atoms with Gasteiger partial charge in [-0.1, -0.05) is 13.3 Å².